The Balaban J connectivity index is 1.44. The SMILES string of the molecule is COc1cc(NC(=O)c2cc(C3CC3)nn2-c2ccccc2)c(OC)cc1NC(=O)c1ccccc1. The van der Waals surface area contributed by atoms with E-state index in [4.69, 9.17) is 14.6 Å². The standard InChI is InChI=1S/C28H26N4O4/c1-35-25-17-23(26(36-2)16-22(25)29-27(33)19-9-5-3-6-10-19)30-28(34)24-15-21(18-13-14-18)31-32(24)20-11-7-4-8-12-20/h3-12,15-18H,13-14H2,1-2H3,(H,29,33)(H,30,34). The van der Waals surface area contributed by atoms with Crippen molar-refractivity contribution in [1.82, 2.24) is 9.78 Å². The van der Waals surface area contributed by atoms with Crippen LogP contribution in [0.5, 0.6) is 11.5 Å². The Labute approximate surface area is 208 Å². The van der Waals surface area contributed by atoms with Crippen LogP contribution < -0.4 is 20.1 Å². The Morgan fingerprint density at radius 3 is 1.92 bits per heavy atom. The lowest BCUT2D eigenvalue weighted by atomic mass is 10.2. The number of carbonyl (C=O) groups is 2. The lowest BCUT2D eigenvalue weighted by Crippen LogP contribution is -2.18. The number of amides is 2. The molecule has 1 saturated carbocycles. The number of nitrogens with one attached hydrogen (secondary N) is 2. The molecule has 3 aromatic carbocycles. The number of methoxy groups -OCH3 is 2. The summed E-state index contributed by atoms with van der Waals surface area (Å²) in [7, 11) is 3.00. The molecule has 36 heavy (non-hydrogen) atoms. The van der Waals surface area contributed by atoms with Crippen molar-refractivity contribution in [1.29, 1.82) is 0 Å². The second kappa shape index (κ2) is 9.95. The molecule has 0 bridgehead atoms. The number of para-hydroxylation sites is 1. The van der Waals surface area contributed by atoms with Gasteiger partial charge in [-0.2, -0.15) is 5.10 Å². The zero-order valence-corrected chi connectivity index (χ0v) is 20.0. The van der Waals surface area contributed by atoms with Crippen LogP contribution in [0, 0.1) is 0 Å². The van der Waals surface area contributed by atoms with E-state index >= 15 is 0 Å². The van der Waals surface area contributed by atoms with E-state index in [0.29, 0.717) is 40.0 Å². The van der Waals surface area contributed by atoms with Crippen LogP contribution in [-0.4, -0.2) is 35.8 Å². The minimum atomic E-state index is -0.334. The minimum Gasteiger partial charge on any atom is -0.494 e. The molecule has 1 fully saturated rings. The van der Waals surface area contributed by atoms with Crippen molar-refractivity contribution >= 4 is 23.2 Å². The Hall–Kier alpha value is -4.59. The van der Waals surface area contributed by atoms with Crippen LogP contribution in [0.1, 0.15) is 45.3 Å². The summed E-state index contributed by atoms with van der Waals surface area (Å²) in [6.07, 6.45) is 2.15. The molecule has 182 valence electrons. The van der Waals surface area contributed by atoms with Crippen molar-refractivity contribution in [2.24, 2.45) is 0 Å². The van der Waals surface area contributed by atoms with Crippen LogP contribution in [0.25, 0.3) is 5.69 Å². The van der Waals surface area contributed by atoms with E-state index in [9.17, 15) is 9.59 Å². The highest BCUT2D eigenvalue weighted by Crippen LogP contribution is 2.40. The summed E-state index contributed by atoms with van der Waals surface area (Å²) < 4.78 is 12.7. The maximum Gasteiger partial charge on any atom is 0.274 e. The Bertz CT molecular complexity index is 1400. The number of benzene rings is 3. The number of aromatic nitrogens is 2. The Morgan fingerprint density at radius 1 is 0.806 bits per heavy atom. The largest absolute Gasteiger partial charge is 0.494 e. The van der Waals surface area contributed by atoms with Gasteiger partial charge in [0.2, 0.25) is 0 Å². The third kappa shape index (κ3) is 4.79. The van der Waals surface area contributed by atoms with E-state index < -0.39 is 0 Å². The van der Waals surface area contributed by atoms with Crippen LogP contribution in [0.3, 0.4) is 0 Å². The van der Waals surface area contributed by atoms with Crippen LogP contribution >= 0.6 is 0 Å². The van der Waals surface area contributed by atoms with Gasteiger partial charge in [-0.25, -0.2) is 4.68 Å². The number of nitrogens with zero attached hydrogens (tertiary/aromatic N) is 2. The lowest BCUT2D eigenvalue weighted by molar-refractivity contribution is 0.101. The molecule has 2 amide bonds. The fourth-order valence-corrected chi connectivity index (χ4v) is 3.97. The van der Waals surface area contributed by atoms with Crippen molar-refractivity contribution < 1.29 is 19.1 Å². The van der Waals surface area contributed by atoms with E-state index in [1.807, 2.05) is 42.5 Å². The van der Waals surface area contributed by atoms with Gasteiger partial charge in [-0.1, -0.05) is 36.4 Å². The van der Waals surface area contributed by atoms with Gasteiger partial charge in [-0.15, -0.1) is 0 Å². The molecule has 0 spiro atoms. The summed E-state index contributed by atoms with van der Waals surface area (Å²) in [4.78, 5) is 26.1. The molecule has 1 aliphatic rings. The number of hydrogen-bond acceptors (Lipinski definition) is 5. The van der Waals surface area contributed by atoms with Crippen LogP contribution in [0.4, 0.5) is 11.4 Å². The van der Waals surface area contributed by atoms with E-state index in [2.05, 4.69) is 10.6 Å². The minimum absolute atomic E-state index is 0.285. The molecule has 0 unspecified atom stereocenters. The van der Waals surface area contributed by atoms with Gasteiger partial charge in [0.15, 0.2) is 0 Å². The summed E-state index contributed by atoms with van der Waals surface area (Å²) in [5.41, 5.74) is 3.48. The molecule has 1 heterocycles. The van der Waals surface area contributed by atoms with Gasteiger partial charge in [-0.3, -0.25) is 9.59 Å². The predicted octanol–water partition coefficient (Wildman–Crippen LogP) is 5.27. The fourth-order valence-electron chi connectivity index (χ4n) is 3.97. The van der Waals surface area contributed by atoms with Crippen LogP contribution in [-0.2, 0) is 0 Å². The van der Waals surface area contributed by atoms with Crippen molar-refractivity contribution in [3.05, 3.63) is 95.8 Å². The normalized spacial score (nSPS) is 12.6. The maximum absolute atomic E-state index is 13.4. The molecule has 5 rings (SSSR count). The third-order valence-electron chi connectivity index (χ3n) is 6.01. The number of rotatable bonds is 8. The third-order valence-corrected chi connectivity index (χ3v) is 6.01. The highest BCUT2D eigenvalue weighted by atomic mass is 16.5. The molecule has 0 saturated heterocycles. The molecule has 0 aliphatic heterocycles. The number of carbonyl (C=O) groups excluding carboxylic acids is 2. The molecule has 4 aromatic rings. The van der Waals surface area contributed by atoms with Crippen molar-refractivity contribution in [3.8, 4) is 17.2 Å². The highest BCUT2D eigenvalue weighted by molar-refractivity contribution is 6.07. The van der Waals surface area contributed by atoms with Crippen molar-refractivity contribution in [2.45, 2.75) is 18.8 Å². The average molecular weight is 483 g/mol. The highest BCUT2D eigenvalue weighted by Gasteiger charge is 2.29. The summed E-state index contributed by atoms with van der Waals surface area (Å²) in [6.45, 7) is 0. The Morgan fingerprint density at radius 2 is 1.36 bits per heavy atom. The molecule has 0 radical (unpaired) electrons. The van der Waals surface area contributed by atoms with E-state index in [0.717, 1.165) is 24.2 Å². The monoisotopic (exact) mass is 482 g/mol. The van der Waals surface area contributed by atoms with Gasteiger partial charge in [0.1, 0.15) is 17.2 Å². The van der Waals surface area contributed by atoms with Crippen molar-refractivity contribution in [3.63, 3.8) is 0 Å². The molecule has 1 aromatic heterocycles. The smallest absolute Gasteiger partial charge is 0.274 e. The van der Waals surface area contributed by atoms with Gasteiger partial charge >= 0.3 is 0 Å². The maximum atomic E-state index is 13.4. The van der Waals surface area contributed by atoms with Gasteiger partial charge in [-0.05, 0) is 43.2 Å². The Kier molecular flexibility index (Phi) is 6.40. The second-order valence-corrected chi connectivity index (χ2v) is 8.50. The quantitative estimate of drug-likeness (QED) is 0.357. The summed E-state index contributed by atoms with van der Waals surface area (Å²) in [5.74, 6) is 0.529. The summed E-state index contributed by atoms with van der Waals surface area (Å²) >= 11 is 0. The zero-order valence-electron chi connectivity index (χ0n) is 20.0. The summed E-state index contributed by atoms with van der Waals surface area (Å²) in [6, 6.07) is 23.5. The number of hydrogen-bond donors (Lipinski definition) is 2. The van der Waals surface area contributed by atoms with Gasteiger partial charge in [0.25, 0.3) is 11.8 Å². The summed E-state index contributed by atoms with van der Waals surface area (Å²) in [5, 5.41) is 10.5. The molecule has 1 aliphatic carbocycles. The molecule has 2 N–H and O–H groups in total. The first-order valence-electron chi connectivity index (χ1n) is 11.7. The predicted molar refractivity (Wildman–Crippen MR) is 137 cm³/mol. The van der Waals surface area contributed by atoms with Crippen LogP contribution in [0.2, 0.25) is 0 Å². The first kappa shape index (κ1) is 23.2. The number of anilines is 2. The topological polar surface area (TPSA) is 94.5 Å². The van der Waals surface area contributed by atoms with E-state index in [-0.39, 0.29) is 11.8 Å². The first-order valence-corrected chi connectivity index (χ1v) is 11.7. The molecule has 0 atom stereocenters. The second-order valence-electron chi connectivity index (χ2n) is 8.50. The average Bonchev–Trinajstić information content (AvgIpc) is 3.68. The van der Waals surface area contributed by atoms with Crippen LogP contribution in [0.15, 0.2) is 78.9 Å². The lowest BCUT2D eigenvalue weighted by Gasteiger charge is -2.16. The fraction of sp³-hybridized carbons (Fsp3) is 0.179. The first-order chi connectivity index (χ1) is 17.6. The molecular formula is C28H26N4O4. The zero-order chi connectivity index (χ0) is 25.1. The van der Waals surface area contributed by atoms with Crippen molar-refractivity contribution in [2.75, 3.05) is 24.9 Å². The molecule has 8 nitrogen and oxygen atoms in total. The van der Waals surface area contributed by atoms with E-state index in [1.54, 1.807) is 41.1 Å². The van der Waals surface area contributed by atoms with Gasteiger partial charge in [0, 0.05) is 23.6 Å². The van der Waals surface area contributed by atoms with E-state index in [1.165, 1.54) is 14.2 Å². The van der Waals surface area contributed by atoms with Gasteiger partial charge < -0.3 is 20.1 Å². The molecule has 8 heteroatoms. The number of ether oxygens (including phenoxy) is 2. The molecular weight excluding hydrogens is 456 g/mol. The van der Waals surface area contributed by atoms with Gasteiger partial charge in [0.05, 0.1) is 37.0 Å².